The number of ether oxygens (including phenoxy) is 2. The third-order valence-electron chi connectivity index (χ3n) is 14.5. The average Bonchev–Trinajstić information content (AvgIpc) is 3.40. The van der Waals surface area contributed by atoms with E-state index in [9.17, 15) is 19.0 Å². The number of hydrogen-bond donors (Lipinski definition) is 2. The molecule has 0 amide bonds. The Bertz CT molecular complexity index is 1320. The largest absolute Gasteiger partial charge is 0.472 e. The van der Waals surface area contributed by atoms with Crippen molar-refractivity contribution in [1.82, 2.24) is 0 Å². The third kappa shape index (κ3) is 61.3. The Hall–Kier alpha value is -1.77. The van der Waals surface area contributed by atoms with Crippen LogP contribution in [0.1, 0.15) is 335 Å². The predicted molar refractivity (Wildman–Crippen MR) is 321 cm³/mol. The van der Waals surface area contributed by atoms with E-state index in [0.29, 0.717) is 6.42 Å². The van der Waals surface area contributed by atoms with Gasteiger partial charge in [0.2, 0.25) is 0 Å². The highest BCUT2D eigenvalue weighted by molar-refractivity contribution is 7.47. The van der Waals surface area contributed by atoms with Gasteiger partial charge in [-0.2, -0.15) is 0 Å². The van der Waals surface area contributed by atoms with E-state index in [1.165, 1.54) is 238 Å². The summed E-state index contributed by atoms with van der Waals surface area (Å²) in [5.41, 5.74) is 5.37. The average molecular weight is 1080 g/mol. The molecule has 0 bridgehead atoms. The van der Waals surface area contributed by atoms with Crippen LogP contribution >= 0.6 is 7.82 Å². The number of hydrogen-bond acceptors (Lipinski definition) is 8. The van der Waals surface area contributed by atoms with Gasteiger partial charge in [-0.3, -0.25) is 18.6 Å². The minimum Gasteiger partial charge on any atom is -0.462 e. The van der Waals surface area contributed by atoms with E-state index in [4.69, 9.17) is 24.3 Å². The zero-order chi connectivity index (χ0) is 54.5. The molecular weight excluding hydrogens is 954 g/mol. The van der Waals surface area contributed by atoms with Gasteiger partial charge in [-0.05, 0) is 64.2 Å². The molecule has 442 valence electrons. The number of phosphoric acid groups is 1. The Labute approximate surface area is 464 Å². The Balaban J connectivity index is 3.67. The predicted octanol–water partition coefficient (Wildman–Crippen LogP) is 20.7. The second-order valence-electron chi connectivity index (χ2n) is 22.0. The Morgan fingerprint density at radius 1 is 0.400 bits per heavy atom. The molecule has 2 unspecified atom stereocenters. The fourth-order valence-corrected chi connectivity index (χ4v) is 10.4. The molecule has 0 rings (SSSR count). The molecule has 0 aliphatic carbocycles. The fraction of sp³-hybridized carbons (Fsp3) is 0.877. The van der Waals surface area contributed by atoms with Crippen LogP contribution in [-0.2, 0) is 32.7 Å². The zero-order valence-electron chi connectivity index (χ0n) is 49.6. The van der Waals surface area contributed by atoms with E-state index in [2.05, 4.69) is 50.3 Å². The minimum absolute atomic E-state index is 0.0522. The maximum atomic E-state index is 12.6. The number of nitrogens with two attached hydrogens (primary N) is 1. The SMILES string of the molecule is CCC/C=C\C/C=C\CCCCCCCC(=O)OC(COC(=O)CCCCCCCCCCCCCCCCCCCCCCCCCCCCCCC/C=C\CCCCCCCCCC)COP(=O)(O)OCCN. The molecule has 0 heterocycles. The fourth-order valence-electron chi connectivity index (χ4n) is 9.67. The molecule has 0 aromatic heterocycles. The molecule has 0 fully saturated rings. The summed E-state index contributed by atoms with van der Waals surface area (Å²) < 4.78 is 33.0. The van der Waals surface area contributed by atoms with Crippen molar-refractivity contribution < 1.29 is 37.6 Å². The lowest BCUT2D eigenvalue weighted by Gasteiger charge is -2.19. The van der Waals surface area contributed by atoms with Gasteiger partial charge in [0.05, 0.1) is 13.2 Å². The molecule has 0 saturated heterocycles. The first-order chi connectivity index (χ1) is 36.8. The summed E-state index contributed by atoms with van der Waals surface area (Å²) in [6.45, 7) is 3.70. The van der Waals surface area contributed by atoms with Crippen molar-refractivity contribution in [1.29, 1.82) is 0 Å². The standard InChI is InChI=1S/C65H124NO8P/c1-3-5-7-9-11-13-15-17-18-19-20-21-22-23-24-25-26-27-28-29-30-31-32-33-34-35-36-37-38-39-40-41-42-43-44-46-47-49-51-53-55-57-64(67)71-61-63(62-73-75(69,70)72-60-59-66)74-65(68)58-56-54-52-50-48-45-16-14-12-10-8-6-4-2/h8,10,14,16,19-20,63H,3-7,9,11-13,15,17-18,21-62,66H2,1-2H3,(H,69,70)/b10-8-,16-14-,20-19-. The van der Waals surface area contributed by atoms with Crippen LogP contribution in [0, 0.1) is 0 Å². The number of rotatable bonds is 62. The van der Waals surface area contributed by atoms with Gasteiger partial charge in [-0.15, -0.1) is 0 Å². The van der Waals surface area contributed by atoms with Crippen LogP contribution < -0.4 is 5.73 Å². The Kier molecular flexibility index (Phi) is 60.0. The summed E-state index contributed by atoms with van der Waals surface area (Å²) in [6, 6.07) is 0. The topological polar surface area (TPSA) is 134 Å². The van der Waals surface area contributed by atoms with E-state index in [1.54, 1.807) is 0 Å². The molecule has 3 N–H and O–H groups in total. The van der Waals surface area contributed by atoms with Gasteiger partial charge in [0, 0.05) is 19.4 Å². The molecular formula is C65H124NO8P. The van der Waals surface area contributed by atoms with E-state index in [0.717, 1.165) is 64.2 Å². The maximum absolute atomic E-state index is 12.6. The molecule has 0 aliphatic heterocycles. The molecule has 75 heavy (non-hydrogen) atoms. The molecule has 0 aliphatic rings. The highest BCUT2D eigenvalue weighted by Crippen LogP contribution is 2.43. The highest BCUT2D eigenvalue weighted by Gasteiger charge is 2.26. The van der Waals surface area contributed by atoms with Gasteiger partial charge < -0.3 is 20.1 Å². The van der Waals surface area contributed by atoms with Crippen molar-refractivity contribution in [2.75, 3.05) is 26.4 Å². The summed E-state index contributed by atoms with van der Waals surface area (Å²) in [5.74, 6) is -0.831. The summed E-state index contributed by atoms with van der Waals surface area (Å²) in [7, 11) is -4.39. The first-order valence-corrected chi connectivity index (χ1v) is 34.0. The van der Waals surface area contributed by atoms with E-state index < -0.39 is 26.5 Å². The van der Waals surface area contributed by atoms with Gasteiger partial charge in [-0.1, -0.05) is 294 Å². The molecule has 10 heteroatoms. The van der Waals surface area contributed by atoms with E-state index >= 15 is 0 Å². The first-order valence-electron chi connectivity index (χ1n) is 32.5. The van der Waals surface area contributed by atoms with Crippen LogP contribution in [0.15, 0.2) is 36.5 Å². The smallest absolute Gasteiger partial charge is 0.462 e. The van der Waals surface area contributed by atoms with Crippen molar-refractivity contribution in [3.05, 3.63) is 36.5 Å². The Morgan fingerprint density at radius 3 is 1.08 bits per heavy atom. The molecule has 0 aromatic rings. The minimum atomic E-state index is -4.39. The Morgan fingerprint density at radius 2 is 0.720 bits per heavy atom. The molecule has 0 radical (unpaired) electrons. The maximum Gasteiger partial charge on any atom is 0.472 e. The third-order valence-corrected chi connectivity index (χ3v) is 15.5. The second kappa shape index (κ2) is 61.4. The normalized spacial score (nSPS) is 13.2. The van der Waals surface area contributed by atoms with Crippen molar-refractivity contribution in [2.45, 2.75) is 341 Å². The second-order valence-corrected chi connectivity index (χ2v) is 23.4. The van der Waals surface area contributed by atoms with E-state index in [-0.39, 0.29) is 38.6 Å². The number of esters is 2. The van der Waals surface area contributed by atoms with Crippen LogP contribution in [0.4, 0.5) is 0 Å². The summed E-state index contributed by atoms with van der Waals surface area (Å²) in [6.07, 6.45) is 75.6. The van der Waals surface area contributed by atoms with Gasteiger partial charge in [-0.25, -0.2) is 4.57 Å². The van der Waals surface area contributed by atoms with Crippen LogP contribution in [0.2, 0.25) is 0 Å². The molecule has 0 aromatic carbocycles. The van der Waals surface area contributed by atoms with Crippen LogP contribution in [-0.4, -0.2) is 49.3 Å². The van der Waals surface area contributed by atoms with Crippen molar-refractivity contribution in [2.24, 2.45) is 5.73 Å². The molecule has 0 spiro atoms. The number of phosphoric ester groups is 1. The lowest BCUT2D eigenvalue weighted by molar-refractivity contribution is -0.161. The van der Waals surface area contributed by atoms with Gasteiger partial charge >= 0.3 is 19.8 Å². The molecule has 2 atom stereocenters. The van der Waals surface area contributed by atoms with Gasteiger partial charge in [0.25, 0.3) is 0 Å². The zero-order valence-corrected chi connectivity index (χ0v) is 50.4. The number of carbonyl (C=O) groups excluding carboxylic acids is 2. The van der Waals surface area contributed by atoms with Gasteiger partial charge in [0.15, 0.2) is 6.10 Å². The van der Waals surface area contributed by atoms with Crippen molar-refractivity contribution >= 4 is 19.8 Å². The van der Waals surface area contributed by atoms with Gasteiger partial charge in [0.1, 0.15) is 6.61 Å². The van der Waals surface area contributed by atoms with Crippen LogP contribution in [0.3, 0.4) is 0 Å². The summed E-state index contributed by atoms with van der Waals surface area (Å²) in [5, 5.41) is 0. The van der Waals surface area contributed by atoms with Crippen molar-refractivity contribution in [3.63, 3.8) is 0 Å². The number of allylic oxidation sites excluding steroid dienone is 6. The van der Waals surface area contributed by atoms with Crippen LogP contribution in [0.25, 0.3) is 0 Å². The highest BCUT2D eigenvalue weighted by atomic mass is 31.2. The monoisotopic (exact) mass is 1080 g/mol. The summed E-state index contributed by atoms with van der Waals surface area (Å²) in [4.78, 5) is 35.1. The number of unbranched alkanes of at least 4 members (excludes halogenated alkanes) is 43. The first kappa shape index (κ1) is 73.2. The molecule has 9 nitrogen and oxygen atoms in total. The lowest BCUT2D eigenvalue weighted by Crippen LogP contribution is -2.29. The van der Waals surface area contributed by atoms with Crippen LogP contribution in [0.5, 0.6) is 0 Å². The molecule has 0 saturated carbocycles. The van der Waals surface area contributed by atoms with E-state index in [1.807, 2.05) is 0 Å². The number of carbonyl (C=O) groups is 2. The van der Waals surface area contributed by atoms with Crippen molar-refractivity contribution in [3.8, 4) is 0 Å². The quantitative estimate of drug-likeness (QED) is 0.0264. The summed E-state index contributed by atoms with van der Waals surface area (Å²) >= 11 is 0. The lowest BCUT2D eigenvalue weighted by atomic mass is 10.0.